The quantitative estimate of drug-likeness (QED) is 0.628. The van der Waals surface area contributed by atoms with Crippen LogP contribution in [0.4, 0.5) is 11.4 Å². The highest BCUT2D eigenvalue weighted by atomic mass is 79.9. The van der Waals surface area contributed by atoms with Crippen LogP contribution in [0.1, 0.15) is 0 Å². The Kier molecular flexibility index (Phi) is 4.26. The largest absolute Gasteiger partial charge is 0.494 e. The first-order valence-corrected chi connectivity index (χ1v) is 6.77. The van der Waals surface area contributed by atoms with Gasteiger partial charge in [0.15, 0.2) is 0 Å². The van der Waals surface area contributed by atoms with Crippen molar-refractivity contribution in [3.63, 3.8) is 0 Å². The molecule has 19 heavy (non-hydrogen) atoms. The Labute approximate surface area is 120 Å². The standard InChI is InChI=1S/C12H16BrN3O3/c1-14-3-5-15(6-4-14)12-10(13)7-9(16(17)18)8-11(12)19-2/h7-8H,3-6H2,1-2H3. The molecule has 0 unspecified atom stereocenters. The fourth-order valence-corrected chi connectivity index (χ4v) is 2.84. The zero-order chi connectivity index (χ0) is 14.0. The van der Waals surface area contributed by atoms with E-state index in [9.17, 15) is 10.1 Å². The number of likely N-dealkylation sites (N-methyl/N-ethyl adjacent to an activating group) is 1. The monoisotopic (exact) mass is 329 g/mol. The van der Waals surface area contributed by atoms with E-state index in [1.165, 1.54) is 19.2 Å². The van der Waals surface area contributed by atoms with Crippen LogP contribution in [-0.2, 0) is 0 Å². The Morgan fingerprint density at radius 3 is 2.47 bits per heavy atom. The first-order valence-electron chi connectivity index (χ1n) is 5.98. The molecule has 0 amide bonds. The van der Waals surface area contributed by atoms with Gasteiger partial charge in [-0.2, -0.15) is 0 Å². The molecule has 0 aromatic heterocycles. The normalized spacial score (nSPS) is 16.5. The second-order valence-corrected chi connectivity index (χ2v) is 5.38. The molecule has 0 saturated carbocycles. The van der Waals surface area contributed by atoms with Gasteiger partial charge >= 0.3 is 0 Å². The summed E-state index contributed by atoms with van der Waals surface area (Å²) >= 11 is 3.42. The van der Waals surface area contributed by atoms with Crippen molar-refractivity contribution in [2.45, 2.75) is 0 Å². The lowest BCUT2D eigenvalue weighted by atomic mass is 10.2. The minimum Gasteiger partial charge on any atom is -0.494 e. The van der Waals surface area contributed by atoms with Gasteiger partial charge in [-0.15, -0.1) is 0 Å². The number of piperazine rings is 1. The van der Waals surface area contributed by atoms with Crippen molar-refractivity contribution in [1.82, 2.24) is 4.90 Å². The molecule has 1 aliphatic heterocycles. The number of benzene rings is 1. The minimum absolute atomic E-state index is 0.0293. The van der Waals surface area contributed by atoms with Gasteiger partial charge in [-0.25, -0.2) is 0 Å². The second-order valence-electron chi connectivity index (χ2n) is 4.53. The van der Waals surface area contributed by atoms with Crippen LogP contribution in [0.15, 0.2) is 16.6 Å². The van der Waals surface area contributed by atoms with Crippen LogP contribution in [0.2, 0.25) is 0 Å². The van der Waals surface area contributed by atoms with Gasteiger partial charge in [-0.05, 0) is 23.0 Å². The molecule has 104 valence electrons. The van der Waals surface area contributed by atoms with E-state index in [0.29, 0.717) is 10.2 Å². The van der Waals surface area contributed by atoms with E-state index in [4.69, 9.17) is 4.74 Å². The SMILES string of the molecule is COc1cc([N+](=O)[O-])cc(Br)c1N1CCN(C)CC1. The van der Waals surface area contributed by atoms with Crippen LogP contribution in [0.5, 0.6) is 5.75 Å². The van der Waals surface area contributed by atoms with Gasteiger partial charge < -0.3 is 14.5 Å². The van der Waals surface area contributed by atoms with Crippen LogP contribution in [0.3, 0.4) is 0 Å². The number of halogens is 1. The third-order valence-corrected chi connectivity index (χ3v) is 3.87. The number of rotatable bonds is 3. The molecule has 2 rings (SSSR count). The van der Waals surface area contributed by atoms with E-state index in [-0.39, 0.29) is 5.69 Å². The molecular weight excluding hydrogens is 314 g/mol. The summed E-state index contributed by atoms with van der Waals surface area (Å²) in [4.78, 5) is 14.9. The van der Waals surface area contributed by atoms with Crippen LogP contribution in [0.25, 0.3) is 0 Å². The molecule has 0 spiro atoms. The maximum atomic E-state index is 10.9. The number of non-ortho nitro benzene ring substituents is 1. The molecule has 6 nitrogen and oxygen atoms in total. The minimum atomic E-state index is -0.416. The molecule has 1 saturated heterocycles. The molecule has 1 aromatic rings. The lowest BCUT2D eigenvalue weighted by Gasteiger charge is -2.35. The molecule has 0 radical (unpaired) electrons. The van der Waals surface area contributed by atoms with Crippen molar-refractivity contribution in [1.29, 1.82) is 0 Å². The van der Waals surface area contributed by atoms with Crippen molar-refractivity contribution >= 4 is 27.3 Å². The number of nitrogens with zero attached hydrogens (tertiary/aromatic N) is 3. The van der Waals surface area contributed by atoms with Crippen LogP contribution >= 0.6 is 15.9 Å². The highest BCUT2D eigenvalue weighted by molar-refractivity contribution is 9.10. The summed E-state index contributed by atoms with van der Waals surface area (Å²) in [5, 5.41) is 10.9. The summed E-state index contributed by atoms with van der Waals surface area (Å²) < 4.78 is 6.00. The summed E-state index contributed by atoms with van der Waals surface area (Å²) in [7, 11) is 3.62. The predicted octanol–water partition coefficient (Wildman–Crippen LogP) is 2.12. The van der Waals surface area contributed by atoms with E-state index in [0.717, 1.165) is 31.9 Å². The fourth-order valence-electron chi connectivity index (χ4n) is 2.16. The smallest absolute Gasteiger partial charge is 0.274 e. The molecule has 1 heterocycles. The van der Waals surface area contributed by atoms with Gasteiger partial charge in [-0.3, -0.25) is 10.1 Å². The number of nitro benzene ring substituents is 1. The molecule has 1 aliphatic rings. The van der Waals surface area contributed by atoms with Gasteiger partial charge in [0.1, 0.15) is 5.75 Å². The van der Waals surface area contributed by atoms with Gasteiger partial charge in [-0.1, -0.05) is 0 Å². The highest BCUT2D eigenvalue weighted by Gasteiger charge is 2.23. The Morgan fingerprint density at radius 1 is 1.32 bits per heavy atom. The van der Waals surface area contributed by atoms with Crippen molar-refractivity contribution < 1.29 is 9.66 Å². The van der Waals surface area contributed by atoms with Gasteiger partial charge in [0.05, 0.1) is 28.3 Å². The van der Waals surface area contributed by atoms with Crippen molar-refractivity contribution in [2.24, 2.45) is 0 Å². The van der Waals surface area contributed by atoms with E-state index >= 15 is 0 Å². The summed E-state index contributed by atoms with van der Waals surface area (Å²) in [6.45, 7) is 3.69. The zero-order valence-corrected chi connectivity index (χ0v) is 12.5. The molecular formula is C12H16BrN3O3. The van der Waals surface area contributed by atoms with Gasteiger partial charge in [0.2, 0.25) is 0 Å². The summed E-state index contributed by atoms with van der Waals surface area (Å²) in [5.41, 5.74) is 0.919. The topological polar surface area (TPSA) is 58.9 Å². The highest BCUT2D eigenvalue weighted by Crippen LogP contribution is 2.39. The van der Waals surface area contributed by atoms with Gasteiger partial charge in [0.25, 0.3) is 5.69 Å². The number of methoxy groups -OCH3 is 1. The summed E-state index contributed by atoms with van der Waals surface area (Å²) in [5.74, 6) is 0.533. The zero-order valence-electron chi connectivity index (χ0n) is 10.9. The molecule has 1 fully saturated rings. The number of hydrogen-bond acceptors (Lipinski definition) is 5. The summed E-state index contributed by atoms with van der Waals surface area (Å²) in [6, 6.07) is 2.99. The Hall–Kier alpha value is -1.34. The fraction of sp³-hybridized carbons (Fsp3) is 0.500. The van der Waals surface area contributed by atoms with Crippen molar-refractivity contribution in [3.05, 3.63) is 26.7 Å². The average molecular weight is 330 g/mol. The molecule has 0 aliphatic carbocycles. The van der Waals surface area contributed by atoms with E-state index in [2.05, 4.69) is 32.8 Å². The average Bonchev–Trinajstić information content (AvgIpc) is 2.39. The van der Waals surface area contributed by atoms with E-state index in [1.54, 1.807) is 0 Å². The number of hydrogen-bond donors (Lipinski definition) is 0. The number of ether oxygens (including phenoxy) is 1. The molecule has 7 heteroatoms. The van der Waals surface area contributed by atoms with Crippen molar-refractivity contribution in [3.8, 4) is 5.75 Å². The molecule has 1 aromatic carbocycles. The maximum Gasteiger partial charge on any atom is 0.274 e. The third kappa shape index (κ3) is 2.98. The maximum absolute atomic E-state index is 10.9. The van der Waals surface area contributed by atoms with Gasteiger partial charge in [0, 0.05) is 32.2 Å². The number of nitro groups is 1. The lowest BCUT2D eigenvalue weighted by Crippen LogP contribution is -2.44. The first kappa shape index (κ1) is 14.1. The van der Waals surface area contributed by atoms with E-state index < -0.39 is 4.92 Å². The Bertz CT molecular complexity index is 487. The molecule has 0 atom stereocenters. The summed E-state index contributed by atoms with van der Waals surface area (Å²) in [6.07, 6.45) is 0. The third-order valence-electron chi connectivity index (χ3n) is 3.26. The predicted molar refractivity (Wildman–Crippen MR) is 77.1 cm³/mol. The Morgan fingerprint density at radius 2 is 1.95 bits per heavy atom. The first-order chi connectivity index (χ1) is 9.02. The lowest BCUT2D eigenvalue weighted by molar-refractivity contribution is -0.385. The van der Waals surface area contributed by atoms with Crippen molar-refractivity contribution in [2.75, 3.05) is 45.2 Å². The molecule has 0 N–H and O–H groups in total. The number of anilines is 1. The second kappa shape index (κ2) is 5.75. The molecule has 0 bridgehead atoms. The van der Waals surface area contributed by atoms with Crippen LogP contribution in [-0.4, -0.2) is 50.2 Å². The van der Waals surface area contributed by atoms with E-state index in [1.807, 2.05) is 0 Å². The Balaban J connectivity index is 2.36. The van der Waals surface area contributed by atoms with Crippen LogP contribution in [0, 0.1) is 10.1 Å². The van der Waals surface area contributed by atoms with Crippen LogP contribution < -0.4 is 9.64 Å².